The van der Waals surface area contributed by atoms with Crippen molar-refractivity contribution in [3.8, 4) is 0 Å². The molecule has 194 valence electrons. The van der Waals surface area contributed by atoms with Crippen LogP contribution in [0.1, 0.15) is 93.4 Å². The lowest BCUT2D eigenvalue weighted by Gasteiger charge is -2.67. The highest BCUT2D eigenvalue weighted by Gasteiger charge is 2.70. The first-order valence-corrected chi connectivity index (χ1v) is 13.7. The number of aliphatic hydroxyl groups excluding tert-OH is 2. The molecule has 0 aromatic carbocycles. The Hall–Kier alpha value is -0.710. The van der Waals surface area contributed by atoms with Crippen LogP contribution in [0.3, 0.4) is 0 Å². The van der Waals surface area contributed by atoms with Crippen LogP contribution in [0.15, 0.2) is 23.8 Å². The summed E-state index contributed by atoms with van der Waals surface area (Å²) in [6, 6.07) is 0. The van der Waals surface area contributed by atoms with Crippen molar-refractivity contribution in [3.05, 3.63) is 23.8 Å². The van der Waals surface area contributed by atoms with E-state index in [2.05, 4.69) is 40.7 Å². The first-order chi connectivity index (χ1) is 15.6. The van der Waals surface area contributed by atoms with Gasteiger partial charge in [0.25, 0.3) is 0 Å². The van der Waals surface area contributed by atoms with Gasteiger partial charge in [0.15, 0.2) is 0 Å². The third kappa shape index (κ3) is 3.68. The topological polar surface area (TPSA) is 60.7 Å². The number of alkyl halides is 1. The second-order valence-corrected chi connectivity index (χ2v) is 14.1. The summed E-state index contributed by atoms with van der Waals surface area (Å²) in [4.78, 5) is 0. The molecule has 3 fully saturated rings. The number of rotatable bonds is 5. The van der Waals surface area contributed by atoms with Gasteiger partial charge >= 0.3 is 0 Å². The summed E-state index contributed by atoms with van der Waals surface area (Å²) in [5.74, 6) is 1.01. The van der Waals surface area contributed by atoms with Crippen molar-refractivity contribution in [3.63, 3.8) is 0 Å². The Labute approximate surface area is 206 Å². The van der Waals surface area contributed by atoms with E-state index in [1.807, 2.05) is 12.2 Å². The first-order valence-electron chi connectivity index (χ1n) is 13.7. The van der Waals surface area contributed by atoms with Crippen molar-refractivity contribution in [2.75, 3.05) is 6.67 Å². The molecule has 3 saturated carbocycles. The number of hydrogen-bond acceptors (Lipinski definition) is 3. The Kier molecular flexibility index (Phi) is 6.52. The Bertz CT molecular complexity index is 840. The summed E-state index contributed by atoms with van der Waals surface area (Å²) in [6.45, 7) is 14.5. The molecule has 0 aromatic heterocycles. The molecule has 0 aliphatic heterocycles. The largest absolute Gasteiger partial charge is 0.392 e. The monoisotopic (exact) mass is 476 g/mol. The molecule has 0 amide bonds. The van der Waals surface area contributed by atoms with E-state index in [1.165, 1.54) is 0 Å². The van der Waals surface area contributed by atoms with Crippen molar-refractivity contribution < 1.29 is 19.7 Å². The van der Waals surface area contributed by atoms with E-state index in [4.69, 9.17) is 0 Å². The minimum absolute atomic E-state index is 0.0499. The molecule has 0 heterocycles. The minimum Gasteiger partial charge on any atom is -0.392 e. The zero-order valence-electron chi connectivity index (χ0n) is 22.6. The van der Waals surface area contributed by atoms with Crippen LogP contribution in [-0.4, -0.2) is 39.8 Å². The molecule has 0 bridgehead atoms. The standard InChI is InChI=1S/C30H49FO3/c1-19(9-8-13-26(2,3)34)20-12-14-29(7)25-23(32)17-22-21(10-11-24(33)27(22,4)5)30(25,18-31)16-15-28(20,29)6/h8,13,17,19-21,23-25,32-34H,9-12,14-16,18H2,1-7H3/b13-8+/t19-,20-,21?,23?,24+,25?,28-,29+,30-/m1/s1. The maximum atomic E-state index is 15.4. The molecule has 4 aliphatic rings. The molecule has 0 radical (unpaired) electrons. The Morgan fingerprint density at radius 2 is 1.74 bits per heavy atom. The molecule has 0 spiro atoms. The quantitative estimate of drug-likeness (QED) is 0.413. The smallest absolute Gasteiger partial charge is 0.0960 e. The lowest BCUT2D eigenvalue weighted by Crippen LogP contribution is -2.64. The normalized spacial score (nSPS) is 47.0. The summed E-state index contributed by atoms with van der Waals surface area (Å²) in [5.41, 5.74) is -0.727. The second-order valence-electron chi connectivity index (χ2n) is 14.1. The van der Waals surface area contributed by atoms with Crippen LogP contribution in [0.4, 0.5) is 4.39 Å². The van der Waals surface area contributed by atoms with Crippen molar-refractivity contribution >= 4 is 0 Å². The van der Waals surface area contributed by atoms with Gasteiger partial charge in [-0.15, -0.1) is 0 Å². The van der Waals surface area contributed by atoms with E-state index in [-0.39, 0.29) is 29.3 Å². The molecular weight excluding hydrogens is 427 g/mol. The first kappa shape index (κ1) is 26.4. The van der Waals surface area contributed by atoms with Crippen LogP contribution < -0.4 is 0 Å². The van der Waals surface area contributed by atoms with Gasteiger partial charge in [-0.25, -0.2) is 0 Å². The number of aliphatic hydroxyl groups is 3. The van der Waals surface area contributed by atoms with E-state index in [0.29, 0.717) is 18.3 Å². The van der Waals surface area contributed by atoms with Crippen LogP contribution in [0, 0.1) is 45.3 Å². The van der Waals surface area contributed by atoms with Crippen LogP contribution in [0.25, 0.3) is 0 Å². The molecule has 0 aromatic rings. The van der Waals surface area contributed by atoms with Crippen LogP contribution in [-0.2, 0) is 0 Å². The zero-order chi connectivity index (χ0) is 25.3. The molecule has 3 N–H and O–H groups in total. The minimum atomic E-state index is -0.795. The maximum absolute atomic E-state index is 15.4. The SMILES string of the molecule is C[C@H](C/C=C/C(C)(C)O)[C@H]1CC[C@@]2(C)C3C(O)C=C4C(CC[C@H](O)C4(C)C)[C@]3(CF)CC[C@]12C. The fourth-order valence-corrected chi connectivity index (χ4v) is 9.44. The highest BCUT2D eigenvalue weighted by molar-refractivity contribution is 5.33. The lowest BCUT2D eigenvalue weighted by molar-refractivity contribution is -0.189. The molecule has 9 atom stereocenters. The predicted octanol–water partition coefficient (Wildman–Crippen LogP) is 6.23. The molecule has 0 saturated heterocycles. The van der Waals surface area contributed by atoms with E-state index in [1.54, 1.807) is 13.8 Å². The average molecular weight is 477 g/mol. The number of halogens is 1. The third-order valence-corrected chi connectivity index (χ3v) is 11.5. The predicted molar refractivity (Wildman–Crippen MR) is 136 cm³/mol. The zero-order valence-corrected chi connectivity index (χ0v) is 22.6. The van der Waals surface area contributed by atoms with Gasteiger partial charge in [0, 0.05) is 16.7 Å². The fraction of sp³-hybridized carbons (Fsp3) is 0.867. The van der Waals surface area contributed by atoms with Crippen LogP contribution in [0.2, 0.25) is 0 Å². The van der Waals surface area contributed by atoms with E-state index >= 15 is 4.39 Å². The van der Waals surface area contributed by atoms with E-state index < -0.39 is 28.6 Å². The summed E-state index contributed by atoms with van der Waals surface area (Å²) in [6.07, 6.45) is 11.4. The maximum Gasteiger partial charge on any atom is 0.0960 e. The average Bonchev–Trinajstić information content (AvgIpc) is 3.01. The molecular formula is C30H49FO3. The van der Waals surface area contributed by atoms with Gasteiger partial charge in [-0.05, 0) is 87.4 Å². The molecule has 34 heavy (non-hydrogen) atoms. The second kappa shape index (κ2) is 8.42. The Morgan fingerprint density at radius 3 is 2.35 bits per heavy atom. The Balaban J connectivity index is 1.70. The highest BCUT2D eigenvalue weighted by Crippen LogP contribution is 2.75. The van der Waals surface area contributed by atoms with Crippen molar-refractivity contribution in [1.82, 2.24) is 0 Å². The lowest BCUT2D eigenvalue weighted by atomic mass is 9.38. The number of fused-ring (bicyclic) bond motifs is 5. The Morgan fingerprint density at radius 1 is 1.06 bits per heavy atom. The summed E-state index contributed by atoms with van der Waals surface area (Å²) in [5, 5.41) is 32.5. The molecule has 4 rings (SSSR count). The van der Waals surface area contributed by atoms with Crippen molar-refractivity contribution in [1.29, 1.82) is 0 Å². The number of allylic oxidation sites excluding steroid dienone is 1. The summed E-state index contributed by atoms with van der Waals surface area (Å²) >= 11 is 0. The van der Waals surface area contributed by atoms with Gasteiger partial charge in [0.1, 0.15) is 0 Å². The molecule has 3 unspecified atom stereocenters. The summed E-state index contributed by atoms with van der Waals surface area (Å²) in [7, 11) is 0. The number of hydrogen-bond donors (Lipinski definition) is 3. The van der Waals surface area contributed by atoms with E-state index in [9.17, 15) is 15.3 Å². The fourth-order valence-electron chi connectivity index (χ4n) is 9.44. The van der Waals surface area contributed by atoms with Gasteiger partial charge in [0.05, 0.1) is 24.5 Å². The van der Waals surface area contributed by atoms with Crippen LogP contribution in [0.5, 0.6) is 0 Å². The van der Waals surface area contributed by atoms with Crippen LogP contribution >= 0.6 is 0 Å². The molecule has 3 nitrogen and oxygen atoms in total. The van der Waals surface area contributed by atoms with Gasteiger partial charge < -0.3 is 15.3 Å². The van der Waals surface area contributed by atoms with E-state index in [0.717, 1.165) is 44.1 Å². The third-order valence-electron chi connectivity index (χ3n) is 11.5. The van der Waals surface area contributed by atoms with Gasteiger partial charge in [-0.2, -0.15) is 0 Å². The highest BCUT2D eigenvalue weighted by atomic mass is 19.1. The van der Waals surface area contributed by atoms with Gasteiger partial charge in [0.2, 0.25) is 0 Å². The van der Waals surface area contributed by atoms with Crippen molar-refractivity contribution in [2.45, 2.75) is 111 Å². The van der Waals surface area contributed by atoms with Gasteiger partial charge in [-0.3, -0.25) is 4.39 Å². The van der Waals surface area contributed by atoms with Gasteiger partial charge in [-0.1, -0.05) is 58.4 Å². The molecule has 4 aliphatic carbocycles. The van der Waals surface area contributed by atoms with Crippen molar-refractivity contribution in [2.24, 2.45) is 45.3 Å². The molecule has 4 heteroatoms. The summed E-state index contributed by atoms with van der Waals surface area (Å²) < 4.78 is 15.4.